The molecule has 18 heavy (non-hydrogen) atoms. The standard InChI is InChI=1S/C15H18N2O/c1-18-15-14-5-4-11(9-12(14)6-8-17-15)10-13-3-2-7-16-13/h4-6,8-9,13,16H,2-3,7,10H2,1H3. The number of pyridine rings is 1. The molecule has 1 unspecified atom stereocenters. The van der Waals surface area contributed by atoms with Gasteiger partial charge in [0.2, 0.25) is 5.88 Å². The fraction of sp³-hybridized carbons (Fsp3) is 0.400. The van der Waals surface area contributed by atoms with Crippen LogP contribution in [-0.2, 0) is 6.42 Å². The van der Waals surface area contributed by atoms with Gasteiger partial charge >= 0.3 is 0 Å². The molecular weight excluding hydrogens is 224 g/mol. The van der Waals surface area contributed by atoms with Gasteiger partial charge in [-0.1, -0.05) is 12.1 Å². The summed E-state index contributed by atoms with van der Waals surface area (Å²) >= 11 is 0. The van der Waals surface area contributed by atoms with Crippen LogP contribution < -0.4 is 10.1 Å². The molecule has 1 fully saturated rings. The van der Waals surface area contributed by atoms with Crippen molar-refractivity contribution < 1.29 is 4.74 Å². The number of nitrogens with one attached hydrogen (secondary N) is 1. The second-order valence-electron chi connectivity index (χ2n) is 4.87. The highest BCUT2D eigenvalue weighted by molar-refractivity contribution is 5.87. The summed E-state index contributed by atoms with van der Waals surface area (Å²) in [5.41, 5.74) is 1.38. The van der Waals surface area contributed by atoms with E-state index >= 15 is 0 Å². The molecule has 1 N–H and O–H groups in total. The van der Waals surface area contributed by atoms with Crippen molar-refractivity contribution in [3.05, 3.63) is 36.0 Å². The monoisotopic (exact) mass is 242 g/mol. The van der Waals surface area contributed by atoms with Gasteiger partial charge in [0.05, 0.1) is 7.11 Å². The van der Waals surface area contributed by atoms with E-state index in [1.165, 1.54) is 23.8 Å². The third kappa shape index (κ3) is 2.18. The van der Waals surface area contributed by atoms with Crippen molar-refractivity contribution in [3.8, 4) is 5.88 Å². The van der Waals surface area contributed by atoms with Crippen LogP contribution in [0.5, 0.6) is 5.88 Å². The lowest BCUT2D eigenvalue weighted by molar-refractivity contribution is 0.403. The van der Waals surface area contributed by atoms with Crippen LogP contribution in [0.3, 0.4) is 0 Å². The second kappa shape index (κ2) is 4.94. The van der Waals surface area contributed by atoms with Crippen molar-refractivity contribution in [3.63, 3.8) is 0 Å². The van der Waals surface area contributed by atoms with Crippen LogP contribution in [0.1, 0.15) is 18.4 Å². The highest BCUT2D eigenvalue weighted by Gasteiger charge is 2.14. The van der Waals surface area contributed by atoms with E-state index in [1.54, 1.807) is 13.3 Å². The van der Waals surface area contributed by atoms with Crippen LogP contribution in [0.25, 0.3) is 10.8 Å². The maximum atomic E-state index is 5.28. The average Bonchev–Trinajstić information content (AvgIpc) is 2.90. The zero-order valence-electron chi connectivity index (χ0n) is 10.6. The van der Waals surface area contributed by atoms with Gasteiger partial charge in [-0.05, 0) is 48.9 Å². The van der Waals surface area contributed by atoms with Crippen LogP contribution in [-0.4, -0.2) is 24.7 Å². The number of methoxy groups -OCH3 is 1. The summed E-state index contributed by atoms with van der Waals surface area (Å²) in [6.45, 7) is 1.16. The summed E-state index contributed by atoms with van der Waals surface area (Å²) in [6, 6.07) is 9.24. The van der Waals surface area contributed by atoms with Crippen LogP contribution in [0.2, 0.25) is 0 Å². The van der Waals surface area contributed by atoms with Gasteiger partial charge in [-0.2, -0.15) is 0 Å². The number of ether oxygens (including phenoxy) is 1. The minimum atomic E-state index is 0.645. The number of aromatic nitrogens is 1. The number of fused-ring (bicyclic) bond motifs is 1. The number of benzene rings is 1. The van der Waals surface area contributed by atoms with Crippen LogP contribution in [0.4, 0.5) is 0 Å². The Labute approximate surface area is 107 Å². The van der Waals surface area contributed by atoms with Gasteiger partial charge in [0.1, 0.15) is 0 Å². The minimum absolute atomic E-state index is 0.645. The maximum Gasteiger partial charge on any atom is 0.221 e. The molecule has 1 aliphatic rings. The van der Waals surface area contributed by atoms with Gasteiger partial charge in [0, 0.05) is 17.6 Å². The van der Waals surface area contributed by atoms with Crippen molar-refractivity contribution in [2.45, 2.75) is 25.3 Å². The Kier molecular flexibility index (Phi) is 3.15. The molecule has 1 aliphatic heterocycles. The van der Waals surface area contributed by atoms with E-state index in [1.807, 2.05) is 6.07 Å². The van der Waals surface area contributed by atoms with Crippen molar-refractivity contribution in [2.75, 3.05) is 13.7 Å². The topological polar surface area (TPSA) is 34.1 Å². The quantitative estimate of drug-likeness (QED) is 0.898. The molecule has 3 nitrogen and oxygen atoms in total. The van der Waals surface area contributed by atoms with Crippen molar-refractivity contribution in [1.82, 2.24) is 10.3 Å². The normalized spacial score (nSPS) is 19.3. The molecule has 0 aliphatic carbocycles. The molecule has 1 saturated heterocycles. The lowest BCUT2D eigenvalue weighted by atomic mass is 10.0. The molecule has 0 bridgehead atoms. The molecule has 0 radical (unpaired) electrons. The van der Waals surface area contributed by atoms with E-state index in [2.05, 4.69) is 28.5 Å². The first-order valence-electron chi connectivity index (χ1n) is 6.52. The fourth-order valence-electron chi connectivity index (χ4n) is 2.70. The first-order chi connectivity index (χ1) is 8.86. The predicted octanol–water partition coefficient (Wildman–Crippen LogP) is 2.54. The molecule has 94 valence electrons. The van der Waals surface area contributed by atoms with Gasteiger partial charge in [-0.25, -0.2) is 4.98 Å². The zero-order valence-corrected chi connectivity index (χ0v) is 10.6. The van der Waals surface area contributed by atoms with Crippen LogP contribution >= 0.6 is 0 Å². The van der Waals surface area contributed by atoms with E-state index in [-0.39, 0.29) is 0 Å². The molecule has 1 aromatic carbocycles. The molecular formula is C15H18N2O. The highest BCUT2D eigenvalue weighted by Crippen LogP contribution is 2.24. The maximum absolute atomic E-state index is 5.28. The lowest BCUT2D eigenvalue weighted by Crippen LogP contribution is -2.23. The molecule has 3 heteroatoms. The number of hydrogen-bond donors (Lipinski definition) is 1. The Hall–Kier alpha value is -1.61. The van der Waals surface area contributed by atoms with Crippen molar-refractivity contribution in [2.24, 2.45) is 0 Å². The van der Waals surface area contributed by atoms with E-state index in [0.717, 1.165) is 18.4 Å². The third-order valence-corrected chi connectivity index (χ3v) is 3.63. The van der Waals surface area contributed by atoms with Gasteiger partial charge < -0.3 is 10.1 Å². The van der Waals surface area contributed by atoms with Gasteiger partial charge in [0.15, 0.2) is 0 Å². The zero-order chi connectivity index (χ0) is 12.4. The minimum Gasteiger partial charge on any atom is -0.481 e. The Morgan fingerprint density at radius 3 is 3.11 bits per heavy atom. The van der Waals surface area contributed by atoms with Crippen molar-refractivity contribution >= 4 is 10.8 Å². The Morgan fingerprint density at radius 1 is 1.39 bits per heavy atom. The van der Waals surface area contributed by atoms with Crippen LogP contribution in [0.15, 0.2) is 30.5 Å². The first kappa shape index (κ1) is 11.5. The molecule has 2 heterocycles. The molecule has 0 amide bonds. The molecule has 2 aromatic rings. The van der Waals surface area contributed by atoms with Gasteiger partial charge in [-0.3, -0.25) is 0 Å². The highest BCUT2D eigenvalue weighted by atomic mass is 16.5. The van der Waals surface area contributed by atoms with Crippen LogP contribution in [0, 0.1) is 0 Å². The predicted molar refractivity (Wildman–Crippen MR) is 73.0 cm³/mol. The lowest BCUT2D eigenvalue weighted by Gasteiger charge is -2.11. The first-order valence-corrected chi connectivity index (χ1v) is 6.52. The molecule has 3 rings (SSSR count). The second-order valence-corrected chi connectivity index (χ2v) is 4.87. The van der Waals surface area contributed by atoms with Gasteiger partial charge in [0.25, 0.3) is 0 Å². The average molecular weight is 242 g/mol. The molecule has 1 aromatic heterocycles. The number of nitrogens with zero attached hydrogens (tertiary/aromatic N) is 1. The Bertz CT molecular complexity index is 547. The Balaban J connectivity index is 1.90. The summed E-state index contributed by atoms with van der Waals surface area (Å²) in [7, 11) is 1.66. The van der Waals surface area contributed by atoms with Gasteiger partial charge in [-0.15, -0.1) is 0 Å². The molecule has 0 saturated carbocycles. The Morgan fingerprint density at radius 2 is 2.33 bits per heavy atom. The summed E-state index contributed by atoms with van der Waals surface area (Å²) in [4.78, 5) is 4.22. The van der Waals surface area contributed by atoms with E-state index in [9.17, 15) is 0 Å². The third-order valence-electron chi connectivity index (χ3n) is 3.63. The molecule has 1 atom stereocenters. The summed E-state index contributed by atoms with van der Waals surface area (Å²) in [5.74, 6) is 0.707. The summed E-state index contributed by atoms with van der Waals surface area (Å²) in [6.07, 6.45) is 5.51. The van der Waals surface area contributed by atoms with E-state index in [4.69, 9.17) is 4.74 Å². The number of rotatable bonds is 3. The van der Waals surface area contributed by atoms with Crippen molar-refractivity contribution in [1.29, 1.82) is 0 Å². The SMILES string of the molecule is COc1nccc2cc(CC3CCCN3)ccc12. The fourth-order valence-corrected chi connectivity index (χ4v) is 2.70. The summed E-state index contributed by atoms with van der Waals surface area (Å²) < 4.78 is 5.28. The van der Waals surface area contributed by atoms with E-state index in [0.29, 0.717) is 11.9 Å². The summed E-state index contributed by atoms with van der Waals surface area (Å²) in [5, 5.41) is 5.83. The number of hydrogen-bond acceptors (Lipinski definition) is 3. The smallest absolute Gasteiger partial charge is 0.221 e. The van der Waals surface area contributed by atoms with E-state index < -0.39 is 0 Å². The molecule has 0 spiro atoms. The largest absolute Gasteiger partial charge is 0.481 e.